The van der Waals surface area contributed by atoms with Gasteiger partial charge in [-0.3, -0.25) is 9.59 Å². The Morgan fingerprint density at radius 1 is 1.22 bits per heavy atom. The van der Waals surface area contributed by atoms with Crippen LogP contribution in [-0.4, -0.2) is 34.1 Å². The number of imidazole rings is 1. The summed E-state index contributed by atoms with van der Waals surface area (Å²) >= 11 is 0. The summed E-state index contributed by atoms with van der Waals surface area (Å²) in [4.78, 5) is 28.2. The second-order valence-electron chi connectivity index (χ2n) is 6.74. The fraction of sp³-hybridized carbons (Fsp3) is 0.476. The molecule has 1 aromatic carbocycles. The van der Waals surface area contributed by atoms with Crippen LogP contribution in [0, 0.1) is 0 Å². The number of carbonyl (C=O) groups is 2. The fourth-order valence-electron chi connectivity index (χ4n) is 2.93. The van der Waals surface area contributed by atoms with Crippen molar-refractivity contribution in [1.29, 1.82) is 0 Å². The summed E-state index contributed by atoms with van der Waals surface area (Å²) in [5.74, 6) is 0.596. The first-order valence-corrected chi connectivity index (χ1v) is 9.55. The SMILES string of the molecule is C/C=C/C(=O)NCCCCCc1nc2ccccc2n1CC(=O)OC(C)C. The maximum absolute atomic E-state index is 12.1. The third-order valence-corrected chi connectivity index (χ3v) is 4.08. The van der Waals surface area contributed by atoms with Crippen molar-refractivity contribution in [2.24, 2.45) is 0 Å². The zero-order chi connectivity index (χ0) is 19.6. The quantitative estimate of drug-likeness (QED) is 0.395. The first-order chi connectivity index (χ1) is 13.0. The number of rotatable bonds is 10. The lowest BCUT2D eigenvalue weighted by molar-refractivity contribution is -0.148. The Morgan fingerprint density at radius 2 is 2.00 bits per heavy atom. The number of carbonyl (C=O) groups excluding carboxylic acids is 2. The second kappa shape index (κ2) is 10.5. The van der Waals surface area contributed by atoms with E-state index >= 15 is 0 Å². The van der Waals surface area contributed by atoms with Crippen molar-refractivity contribution >= 4 is 22.9 Å². The summed E-state index contributed by atoms with van der Waals surface area (Å²) in [6.07, 6.45) is 6.75. The molecule has 0 atom stereocenters. The molecule has 0 spiro atoms. The third-order valence-electron chi connectivity index (χ3n) is 4.08. The Hall–Kier alpha value is -2.63. The number of benzene rings is 1. The van der Waals surface area contributed by atoms with Crippen LogP contribution in [0.2, 0.25) is 0 Å². The second-order valence-corrected chi connectivity index (χ2v) is 6.74. The van der Waals surface area contributed by atoms with Gasteiger partial charge in [0.05, 0.1) is 17.1 Å². The molecule has 0 aliphatic rings. The van der Waals surface area contributed by atoms with Gasteiger partial charge in [0.1, 0.15) is 12.4 Å². The lowest BCUT2D eigenvalue weighted by Gasteiger charge is -2.11. The number of amides is 1. The van der Waals surface area contributed by atoms with E-state index in [4.69, 9.17) is 9.72 Å². The number of aromatic nitrogens is 2. The van der Waals surface area contributed by atoms with Crippen LogP contribution in [0.5, 0.6) is 0 Å². The number of ether oxygens (including phenoxy) is 1. The molecule has 0 aliphatic heterocycles. The highest BCUT2D eigenvalue weighted by atomic mass is 16.5. The van der Waals surface area contributed by atoms with E-state index in [1.54, 1.807) is 6.08 Å². The number of nitrogens with zero attached hydrogens (tertiary/aromatic N) is 2. The molecule has 27 heavy (non-hydrogen) atoms. The topological polar surface area (TPSA) is 73.2 Å². The molecule has 0 unspecified atom stereocenters. The number of esters is 1. The lowest BCUT2D eigenvalue weighted by atomic mass is 10.2. The number of aryl methyl sites for hydroxylation is 1. The van der Waals surface area contributed by atoms with E-state index < -0.39 is 0 Å². The molecule has 0 radical (unpaired) electrons. The lowest BCUT2D eigenvalue weighted by Crippen LogP contribution is -2.22. The van der Waals surface area contributed by atoms with Crippen LogP contribution in [0.25, 0.3) is 11.0 Å². The van der Waals surface area contributed by atoms with Gasteiger partial charge in [0.15, 0.2) is 0 Å². The van der Waals surface area contributed by atoms with E-state index in [0.717, 1.165) is 42.5 Å². The van der Waals surface area contributed by atoms with Gasteiger partial charge in [-0.1, -0.05) is 24.6 Å². The van der Waals surface area contributed by atoms with E-state index in [0.29, 0.717) is 6.54 Å². The highest BCUT2D eigenvalue weighted by Crippen LogP contribution is 2.18. The molecule has 0 saturated carbocycles. The van der Waals surface area contributed by atoms with Crippen LogP contribution in [0.4, 0.5) is 0 Å². The standard InChI is InChI=1S/C21H29N3O3/c1-4-10-20(25)22-14-9-5-6-13-19-23-17-11-7-8-12-18(17)24(19)15-21(26)27-16(2)3/h4,7-8,10-12,16H,5-6,9,13-15H2,1-3H3,(H,22,25)/b10-4+. The van der Waals surface area contributed by atoms with E-state index in [1.807, 2.05) is 49.6 Å². The first kappa shape index (κ1) is 20.7. The van der Waals surface area contributed by atoms with Gasteiger partial charge in [-0.2, -0.15) is 0 Å². The molecule has 2 rings (SSSR count). The van der Waals surface area contributed by atoms with Crippen molar-refractivity contribution in [3.8, 4) is 0 Å². The Bertz CT molecular complexity index is 793. The van der Waals surface area contributed by atoms with Crippen LogP contribution in [0.15, 0.2) is 36.4 Å². The molecular formula is C21H29N3O3. The number of fused-ring (bicyclic) bond motifs is 1. The molecule has 1 amide bonds. The first-order valence-electron chi connectivity index (χ1n) is 9.55. The van der Waals surface area contributed by atoms with Crippen LogP contribution in [-0.2, 0) is 27.3 Å². The maximum Gasteiger partial charge on any atom is 0.326 e. The molecule has 2 aromatic rings. The van der Waals surface area contributed by atoms with Crippen molar-refractivity contribution in [3.05, 3.63) is 42.2 Å². The van der Waals surface area contributed by atoms with E-state index in [1.165, 1.54) is 6.08 Å². The highest BCUT2D eigenvalue weighted by Gasteiger charge is 2.14. The van der Waals surface area contributed by atoms with Crippen LogP contribution in [0.3, 0.4) is 0 Å². The van der Waals surface area contributed by atoms with E-state index in [-0.39, 0.29) is 24.5 Å². The van der Waals surface area contributed by atoms with Gasteiger partial charge in [-0.25, -0.2) is 4.98 Å². The summed E-state index contributed by atoms with van der Waals surface area (Å²) in [6, 6.07) is 7.83. The van der Waals surface area contributed by atoms with Crippen LogP contribution < -0.4 is 5.32 Å². The zero-order valence-electron chi connectivity index (χ0n) is 16.4. The largest absolute Gasteiger partial charge is 0.462 e. The molecule has 0 saturated heterocycles. The summed E-state index contributed by atoms with van der Waals surface area (Å²) in [6.45, 7) is 6.36. The molecule has 6 heteroatoms. The molecule has 6 nitrogen and oxygen atoms in total. The Balaban J connectivity index is 1.93. The van der Waals surface area contributed by atoms with Crippen LogP contribution in [0.1, 0.15) is 45.9 Å². The van der Waals surface area contributed by atoms with Crippen molar-refractivity contribution in [3.63, 3.8) is 0 Å². The van der Waals surface area contributed by atoms with E-state index in [2.05, 4.69) is 5.32 Å². The summed E-state index contributed by atoms with van der Waals surface area (Å²) in [5.41, 5.74) is 1.84. The zero-order valence-corrected chi connectivity index (χ0v) is 16.4. The van der Waals surface area contributed by atoms with Crippen molar-refractivity contribution in [2.75, 3.05) is 6.54 Å². The molecule has 1 heterocycles. The van der Waals surface area contributed by atoms with E-state index in [9.17, 15) is 9.59 Å². The maximum atomic E-state index is 12.1. The van der Waals surface area contributed by atoms with Crippen molar-refractivity contribution < 1.29 is 14.3 Å². The molecule has 0 aliphatic carbocycles. The van der Waals surface area contributed by atoms with Crippen molar-refractivity contribution in [1.82, 2.24) is 14.9 Å². The Kier molecular flexibility index (Phi) is 8.04. The monoisotopic (exact) mass is 371 g/mol. The number of para-hydroxylation sites is 2. The van der Waals surface area contributed by atoms with Gasteiger partial charge >= 0.3 is 5.97 Å². The number of hydrogen-bond donors (Lipinski definition) is 1. The van der Waals surface area contributed by atoms with Crippen LogP contribution >= 0.6 is 0 Å². The van der Waals surface area contributed by atoms with Crippen molar-refractivity contribution in [2.45, 2.75) is 59.1 Å². The number of allylic oxidation sites excluding steroid dienone is 1. The van der Waals surface area contributed by atoms with Gasteiger partial charge in [0.2, 0.25) is 5.91 Å². The van der Waals surface area contributed by atoms with Gasteiger partial charge in [-0.05, 0) is 51.8 Å². The summed E-state index contributed by atoms with van der Waals surface area (Å²) in [7, 11) is 0. The van der Waals surface area contributed by atoms with Gasteiger partial charge in [0, 0.05) is 13.0 Å². The minimum absolute atomic E-state index is 0.0528. The molecule has 1 aromatic heterocycles. The number of hydrogen-bond acceptors (Lipinski definition) is 4. The van der Waals surface area contributed by atoms with Gasteiger partial charge < -0.3 is 14.6 Å². The summed E-state index contributed by atoms with van der Waals surface area (Å²) in [5, 5.41) is 2.85. The Morgan fingerprint density at radius 3 is 2.74 bits per heavy atom. The molecule has 146 valence electrons. The summed E-state index contributed by atoms with van der Waals surface area (Å²) < 4.78 is 7.25. The number of unbranched alkanes of at least 4 members (excludes halogenated alkanes) is 2. The molecule has 0 fully saturated rings. The molecule has 1 N–H and O–H groups in total. The highest BCUT2D eigenvalue weighted by molar-refractivity contribution is 5.87. The minimum Gasteiger partial charge on any atom is -0.462 e. The minimum atomic E-state index is -0.249. The average Bonchev–Trinajstić information content (AvgIpc) is 2.95. The third kappa shape index (κ3) is 6.55. The average molecular weight is 371 g/mol. The van der Waals surface area contributed by atoms with Gasteiger partial charge in [0.25, 0.3) is 0 Å². The predicted molar refractivity (Wildman–Crippen MR) is 106 cm³/mol. The van der Waals surface area contributed by atoms with Gasteiger partial charge in [-0.15, -0.1) is 0 Å². The molecular weight excluding hydrogens is 342 g/mol. The number of nitrogens with one attached hydrogen (secondary N) is 1. The molecule has 0 bridgehead atoms. The normalized spacial score (nSPS) is 11.4. The Labute approximate surface area is 160 Å². The predicted octanol–water partition coefficient (Wildman–Crippen LogP) is 3.39. The fourth-order valence-corrected chi connectivity index (χ4v) is 2.93. The smallest absolute Gasteiger partial charge is 0.326 e.